The van der Waals surface area contributed by atoms with Gasteiger partial charge in [-0.15, -0.1) is 0 Å². The minimum absolute atomic E-state index is 0.282. The van der Waals surface area contributed by atoms with Crippen LogP contribution in [0.25, 0.3) is 16.3 Å². The minimum atomic E-state index is -0.491. The van der Waals surface area contributed by atoms with Crippen molar-refractivity contribution < 1.29 is 19.2 Å². The van der Waals surface area contributed by atoms with Gasteiger partial charge in [0.05, 0.1) is 11.4 Å². The third-order valence-corrected chi connectivity index (χ3v) is 8.57. The van der Waals surface area contributed by atoms with E-state index >= 15 is 0 Å². The molecule has 0 spiro atoms. The first-order valence-corrected chi connectivity index (χ1v) is 14.5. The smallest absolute Gasteiger partial charge is 0.265 e. The Bertz CT molecular complexity index is 2050. The molecule has 0 unspecified atom stereocenters. The highest BCUT2D eigenvalue weighted by atomic mass is 16.2. The molecule has 1 aliphatic carbocycles. The van der Waals surface area contributed by atoms with Gasteiger partial charge in [-0.3, -0.25) is 19.2 Å². The van der Waals surface area contributed by atoms with Crippen molar-refractivity contribution in [1.29, 1.82) is 0 Å². The van der Waals surface area contributed by atoms with Gasteiger partial charge in [-0.2, -0.15) is 0 Å². The predicted molar refractivity (Wildman–Crippen MR) is 170 cm³/mol. The average molecular weight is 573 g/mol. The van der Waals surface area contributed by atoms with Crippen LogP contribution in [0.5, 0.6) is 0 Å². The highest BCUT2D eigenvalue weighted by Gasteiger charge is 2.40. The first-order chi connectivity index (χ1) is 21.5. The van der Waals surface area contributed by atoms with Gasteiger partial charge in [-0.1, -0.05) is 72.8 Å². The van der Waals surface area contributed by atoms with Gasteiger partial charge in [-0.25, -0.2) is 9.80 Å². The van der Waals surface area contributed by atoms with Gasteiger partial charge in [0.15, 0.2) is 0 Å². The fraction of sp³-hybridized carbons (Fsp3) is 0.0526. The Labute approximate surface area is 253 Å². The van der Waals surface area contributed by atoms with Crippen LogP contribution in [0.15, 0.2) is 121 Å². The molecule has 3 aliphatic rings. The Morgan fingerprint density at radius 2 is 0.955 bits per heavy atom. The molecule has 6 heteroatoms. The number of hydrogen-bond acceptors (Lipinski definition) is 4. The number of carbonyl (C=O) groups is 4. The Morgan fingerprint density at radius 1 is 0.500 bits per heavy atom. The normalized spacial score (nSPS) is 15.4. The van der Waals surface area contributed by atoms with Crippen LogP contribution in [0, 0.1) is 0 Å². The molecule has 210 valence electrons. The van der Waals surface area contributed by atoms with Crippen molar-refractivity contribution in [3.8, 4) is 0 Å². The van der Waals surface area contributed by atoms with Crippen molar-refractivity contribution in [1.82, 2.24) is 0 Å². The molecule has 44 heavy (non-hydrogen) atoms. The second kappa shape index (κ2) is 9.85. The van der Waals surface area contributed by atoms with Gasteiger partial charge in [0.2, 0.25) is 0 Å². The van der Waals surface area contributed by atoms with Gasteiger partial charge in [0, 0.05) is 33.0 Å². The fourth-order valence-electron chi connectivity index (χ4n) is 6.41. The molecule has 0 bridgehead atoms. The number of hydrogen-bond donors (Lipinski definition) is 0. The van der Waals surface area contributed by atoms with Crippen molar-refractivity contribution in [2.75, 3.05) is 9.80 Å². The summed E-state index contributed by atoms with van der Waals surface area (Å²) in [6, 6.07) is 31.1. The lowest BCUT2D eigenvalue weighted by molar-refractivity contribution is 0.0873. The third kappa shape index (κ3) is 3.88. The van der Waals surface area contributed by atoms with Crippen molar-refractivity contribution >= 4 is 51.3 Å². The van der Waals surface area contributed by atoms with Crippen LogP contribution in [0.2, 0.25) is 0 Å². The molecule has 0 atom stereocenters. The zero-order valence-corrected chi connectivity index (χ0v) is 23.5. The molecule has 0 fully saturated rings. The molecule has 2 aliphatic heterocycles. The van der Waals surface area contributed by atoms with Crippen LogP contribution >= 0.6 is 0 Å². The van der Waals surface area contributed by atoms with Gasteiger partial charge in [0.1, 0.15) is 0 Å². The number of nitrogens with zero attached hydrogens (tertiary/aromatic N) is 2. The first kappa shape index (κ1) is 25.8. The van der Waals surface area contributed by atoms with E-state index in [9.17, 15) is 19.2 Å². The summed E-state index contributed by atoms with van der Waals surface area (Å²) in [6.07, 6.45) is 7.86. The van der Waals surface area contributed by atoms with Crippen LogP contribution < -0.4 is 9.80 Å². The van der Waals surface area contributed by atoms with Gasteiger partial charge in [-0.05, 0) is 83.6 Å². The predicted octanol–water partition coefficient (Wildman–Crippen LogP) is 7.38. The maximum Gasteiger partial charge on any atom is 0.265 e. The Morgan fingerprint density at radius 3 is 1.41 bits per heavy atom. The third-order valence-electron chi connectivity index (χ3n) is 8.57. The van der Waals surface area contributed by atoms with Crippen molar-refractivity contribution in [3.63, 3.8) is 0 Å². The summed E-state index contributed by atoms with van der Waals surface area (Å²) < 4.78 is 0. The number of rotatable bonds is 5. The summed E-state index contributed by atoms with van der Waals surface area (Å²) in [5.74, 6) is -1.96. The fourth-order valence-corrected chi connectivity index (χ4v) is 6.41. The number of anilines is 2. The quantitative estimate of drug-likeness (QED) is 0.206. The van der Waals surface area contributed by atoms with Crippen molar-refractivity contribution in [2.24, 2.45) is 0 Å². The number of benzene rings is 5. The van der Waals surface area contributed by atoms with Crippen LogP contribution in [-0.2, 0) is 6.42 Å². The van der Waals surface area contributed by atoms with Crippen LogP contribution in [0.1, 0.15) is 64.5 Å². The second-order valence-corrected chi connectivity index (χ2v) is 11.1. The van der Waals surface area contributed by atoms with E-state index in [-0.39, 0.29) is 22.3 Å². The van der Waals surface area contributed by atoms with Crippen LogP contribution in [0.4, 0.5) is 11.4 Å². The molecule has 5 aromatic carbocycles. The lowest BCUT2D eigenvalue weighted by Gasteiger charge is -2.32. The Kier molecular flexibility index (Phi) is 5.78. The molecule has 8 rings (SSSR count). The minimum Gasteiger partial charge on any atom is -0.268 e. The zero-order chi connectivity index (χ0) is 29.9. The molecule has 6 nitrogen and oxygen atoms in total. The van der Waals surface area contributed by atoms with Crippen LogP contribution in [0.3, 0.4) is 0 Å². The van der Waals surface area contributed by atoms with Crippen molar-refractivity contribution in [3.05, 3.63) is 160 Å². The number of amides is 4. The van der Waals surface area contributed by atoms with Crippen molar-refractivity contribution in [2.45, 2.75) is 12.8 Å². The molecule has 0 N–H and O–H groups in total. The molecule has 0 radical (unpaired) electrons. The maximum absolute atomic E-state index is 13.8. The molecule has 0 saturated heterocycles. The van der Waals surface area contributed by atoms with E-state index in [4.69, 9.17) is 0 Å². The molecule has 0 aromatic heterocycles. The lowest BCUT2D eigenvalue weighted by Crippen LogP contribution is -2.43. The number of carbonyl (C=O) groups excluding carboxylic acids is 4. The van der Waals surface area contributed by atoms with E-state index in [0.29, 0.717) is 22.1 Å². The lowest BCUT2D eigenvalue weighted by atomic mass is 9.85. The number of allylic oxidation sites excluding steroid dienone is 4. The monoisotopic (exact) mass is 572 g/mol. The summed E-state index contributed by atoms with van der Waals surface area (Å²) in [6.45, 7) is 0. The Hall–Kier alpha value is -5.88. The topological polar surface area (TPSA) is 74.8 Å². The molecular weight excluding hydrogens is 548 g/mol. The van der Waals surface area contributed by atoms with E-state index in [0.717, 1.165) is 40.0 Å². The average Bonchev–Trinajstić information content (AvgIpc) is 3.60. The van der Waals surface area contributed by atoms with E-state index in [1.165, 1.54) is 4.90 Å². The van der Waals surface area contributed by atoms with E-state index in [1.807, 2.05) is 48.5 Å². The summed E-state index contributed by atoms with van der Waals surface area (Å²) in [5, 5.41) is 0.701. The van der Waals surface area contributed by atoms with E-state index < -0.39 is 23.6 Å². The highest BCUT2D eigenvalue weighted by molar-refractivity contribution is 6.42. The standard InChI is InChI=1S/C38H24N2O4/c41-35-29-18-20-31-34-32(38(44)40(37(31)43)28-16-12-26(13-17-28)25-8-4-5-9-25)21-19-30(33(29)34)36(42)39(35)27-14-10-24(11-15-27)22-23-6-2-1-3-7-23/h1-4,6-21H,5,22H2. The summed E-state index contributed by atoms with van der Waals surface area (Å²) in [4.78, 5) is 57.6. The second-order valence-electron chi connectivity index (χ2n) is 11.1. The van der Waals surface area contributed by atoms with E-state index in [1.54, 1.807) is 48.5 Å². The summed E-state index contributed by atoms with van der Waals surface area (Å²) in [7, 11) is 0. The molecule has 0 saturated carbocycles. The molecule has 4 amide bonds. The summed E-state index contributed by atoms with van der Waals surface area (Å²) >= 11 is 0. The largest absolute Gasteiger partial charge is 0.268 e. The maximum atomic E-state index is 13.8. The highest BCUT2D eigenvalue weighted by Crippen LogP contribution is 2.40. The van der Waals surface area contributed by atoms with Crippen LogP contribution in [-0.4, -0.2) is 23.6 Å². The molecular formula is C38H24N2O4. The zero-order valence-electron chi connectivity index (χ0n) is 23.5. The number of imide groups is 2. The first-order valence-electron chi connectivity index (χ1n) is 14.5. The summed E-state index contributed by atoms with van der Waals surface area (Å²) in [5.41, 5.74) is 6.37. The van der Waals surface area contributed by atoms with Gasteiger partial charge < -0.3 is 0 Å². The molecule has 5 aromatic rings. The Balaban J connectivity index is 1.15. The van der Waals surface area contributed by atoms with Gasteiger partial charge in [0.25, 0.3) is 23.6 Å². The van der Waals surface area contributed by atoms with E-state index in [2.05, 4.69) is 24.3 Å². The SMILES string of the molecule is O=C1c2ccc3c4c(ccc(c24)C(=O)N1c1ccc(Cc2ccccc2)cc1)C(=O)N(c1ccc(C2=CCC=C2)cc1)C3=O. The van der Waals surface area contributed by atoms with Gasteiger partial charge >= 0.3 is 0 Å². The molecule has 2 heterocycles.